The fourth-order valence-corrected chi connectivity index (χ4v) is 0.979. The molecule has 0 heterocycles. The molecular formula is C8H11Cl2N. The topological polar surface area (TPSA) is 26.0 Å². The molecular weight excluding hydrogens is 181 g/mol. The number of halogens is 2. The van der Waals surface area contributed by atoms with Crippen molar-refractivity contribution in [2.75, 3.05) is 7.05 Å². The van der Waals surface area contributed by atoms with E-state index in [0.717, 1.165) is 15.6 Å². The summed E-state index contributed by atoms with van der Waals surface area (Å²) in [6.07, 6.45) is 0. The molecule has 1 aromatic rings. The third-order valence-corrected chi connectivity index (χ3v) is 2.02. The van der Waals surface area contributed by atoms with Gasteiger partial charge in [0.25, 0.3) is 0 Å². The first kappa shape index (κ1) is 10.8. The highest BCUT2D eigenvalue weighted by Gasteiger charge is 1.96. The molecule has 0 aliphatic heterocycles. The maximum atomic E-state index is 5.73. The molecule has 0 bridgehead atoms. The summed E-state index contributed by atoms with van der Waals surface area (Å²) in [4.78, 5) is 0. The summed E-state index contributed by atoms with van der Waals surface area (Å²) in [6.45, 7) is 1.89. The van der Waals surface area contributed by atoms with Crippen LogP contribution >= 0.6 is 23.2 Å². The minimum atomic E-state index is 0.725. The van der Waals surface area contributed by atoms with Crippen LogP contribution in [0.25, 0.3) is 0 Å². The van der Waals surface area contributed by atoms with Crippen LogP contribution in [0.1, 0.15) is 5.56 Å². The van der Waals surface area contributed by atoms with Gasteiger partial charge in [-0.3, -0.25) is 0 Å². The van der Waals surface area contributed by atoms with Crippen LogP contribution in [-0.4, -0.2) is 7.05 Å². The zero-order valence-corrected chi connectivity index (χ0v) is 8.08. The fraction of sp³-hybridized carbons (Fsp3) is 0.250. The molecule has 3 heteroatoms. The molecule has 0 unspecified atom stereocenters. The van der Waals surface area contributed by atoms with Crippen molar-refractivity contribution in [2.24, 2.45) is 5.73 Å². The summed E-state index contributed by atoms with van der Waals surface area (Å²) in [5, 5.41) is 1.45. The largest absolute Gasteiger partial charge is 0.333 e. The normalized spacial score (nSPS) is 8.45. The van der Waals surface area contributed by atoms with E-state index >= 15 is 0 Å². The van der Waals surface area contributed by atoms with Crippen LogP contribution in [0.4, 0.5) is 0 Å². The van der Waals surface area contributed by atoms with Crippen molar-refractivity contribution in [1.82, 2.24) is 0 Å². The van der Waals surface area contributed by atoms with Gasteiger partial charge in [-0.1, -0.05) is 29.3 Å². The molecule has 1 rings (SSSR count). The number of nitrogens with two attached hydrogens (primary N) is 1. The van der Waals surface area contributed by atoms with E-state index in [-0.39, 0.29) is 0 Å². The van der Waals surface area contributed by atoms with Gasteiger partial charge < -0.3 is 5.73 Å². The Morgan fingerprint density at radius 1 is 1.09 bits per heavy atom. The molecule has 11 heavy (non-hydrogen) atoms. The van der Waals surface area contributed by atoms with Gasteiger partial charge in [0, 0.05) is 10.0 Å². The second-order valence-electron chi connectivity index (χ2n) is 1.85. The molecule has 1 nitrogen and oxygen atoms in total. The number of rotatable bonds is 0. The first-order chi connectivity index (χ1) is 5.22. The van der Waals surface area contributed by atoms with Gasteiger partial charge in [0.05, 0.1) is 0 Å². The van der Waals surface area contributed by atoms with Crippen LogP contribution < -0.4 is 5.73 Å². The molecule has 62 valence electrons. The van der Waals surface area contributed by atoms with Crippen molar-refractivity contribution in [3.8, 4) is 0 Å². The molecule has 0 atom stereocenters. The summed E-state index contributed by atoms with van der Waals surface area (Å²) < 4.78 is 0. The van der Waals surface area contributed by atoms with E-state index in [1.165, 1.54) is 7.05 Å². The Labute approximate surface area is 77.1 Å². The summed E-state index contributed by atoms with van der Waals surface area (Å²) in [5.41, 5.74) is 5.45. The van der Waals surface area contributed by atoms with E-state index in [0.29, 0.717) is 0 Å². The average Bonchev–Trinajstić information content (AvgIpc) is 2.04. The van der Waals surface area contributed by atoms with Crippen molar-refractivity contribution >= 4 is 23.2 Å². The lowest BCUT2D eigenvalue weighted by molar-refractivity contribution is 1.47. The van der Waals surface area contributed by atoms with Gasteiger partial charge in [-0.2, -0.15) is 0 Å². The van der Waals surface area contributed by atoms with Crippen LogP contribution in [0, 0.1) is 6.92 Å². The number of benzene rings is 1. The Balaban J connectivity index is 0.000000461. The highest BCUT2D eigenvalue weighted by Crippen LogP contribution is 2.21. The lowest BCUT2D eigenvalue weighted by atomic mass is 10.2. The zero-order chi connectivity index (χ0) is 8.85. The second-order valence-corrected chi connectivity index (χ2v) is 2.66. The third kappa shape index (κ3) is 3.10. The molecule has 0 aliphatic carbocycles. The Bertz CT molecular complexity index is 203. The first-order valence-electron chi connectivity index (χ1n) is 3.20. The zero-order valence-electron chi connectivity index (χ0n) is 6.57. The van der Waals surface area contributed by atoms with Crippen LogP contribution in [0.15, 0.2) is 18.2 Å². The standard InChI is InChI=1S/C7H6Cl2.CH5N/c1-5-6(8)3-2-4-7(5)9;1-2/h2-4H,1H3;2H2,1H3. The molecule has 0 amide bonds. The summed E-state index contributed by atoms with van der Waals surface area (Å²) in [5.74, 6) is 0. The van der Waals surface area contributed by atoms with E-state index < -0.39 is 0 Å². The molecule has 0 radical (unpaired) electrons. The Kier molecular flexibility index (Phi) is 5.30. The van der Waals surface area contributed by atoms with Gasteiger partial charge in [-0.05, 0) is 31.7 Å². The van der Waals surface area contributed by atoms with Crippen LogP contribution in [0.2, 0.25) is 10.0 Å². The van der Waals surface area contributed by atoms with E-state index in [4.69, 9.17) is 23.2 Å². The lowest BCUT2D eigenvalue weighted by Gasteiger charge is -1.96. The summed E-state index contributed by atoms with van der Waals surface area (Å²) in [7, 11) is 1.50. The predicted molar refractivity (Wildman–Crippen MR) is 51.3 cm³/mol. The average molecular weight is 192 g/mol. The Hall–Kier alpha value is -0.240. The molecule has 0 saturated carbocycles. The molecule has 0 saturated heterocycles. The van der Waals surface area contributed by atoms with Crippen molar-refractivity contribution in [2.45, 2.75) is 6.92 Å². The van der Waals surface area contributed by atoms with Gasteiger partial charge in [0.2, 0.25) is 0 Å². The number of hydrogen-bond donors (Lipinski definition) is 1. The minimum Gasteiger partial charge on any atom is -0.333 e. The second kappa shape index (κ2) is 5.42. The van der Waals surface area contributed by atoms with Crippen molar-refractivity contribution in [1.29, 1.82) is 0 Å². The molecule has 0 spiro atoms. The highest BCUT2D eigenvalue weighted by atomic mass is 35.5. The van der Waals surface area contributed by atoms with Crippen LogP contribution in [-0.2, 0) is 0 Å². The van der Waals surface area contributed by atoms with Crippen LogP contribution in [0.3, 0.4) is 0 Å². The predicted octanol–water partition coefficient (Wildman–Crippen LogP) is 2.88. The molecule has 0 aromatic heterocycles. The quantitative estimate of drug-likeness (QED) is 0.671. The SMILES string of the molecule is CN.Cc1c(Cl)cccc1Cl. The molecule has 0 fully saturated rings. The van der Waals surface area contributed by atoms with Gasteiger partial charge in [-0.15, -0.1) is 0 Å². The van der Waals surface area contributed by atoms with Crippen LogP contribution in [0.5, 0.6) is 0 Å². The Morgan fingerprint density at radius 3 is 1.73 bits per heavy atom. The van der Waals surface area contributed by atoms with E-state index in [2.05, 4.69) is 5.73 Å². The molecule has 2 N–H and O–H groups in total. The Morgan fingerprint density at radius 2 is 1.45 bits per heavy atom. The van der Waals surface area contributed by atoms with Crippen molar-refractivity contribution in [3.63, 3.8) is 0 Å². The summed E-state index contributed by atoms with van der Waals surface area (Å²) >= 11 is 11.5. The maximum absolute atomic E-state index is 5.73. The molecule has 1 aromatic carbocycles. The molecule has 0 aliphatic rings. The highest BCUT2D eigenvalue weighted by molar-refractivity contribution is 6.35. The smallest absolute Gasteiger partial charge is 0.0450 e. The van der Waals surface area contributed by atoms with Crippen molar-refractivity contribution in [3.05, 3.63) is 33.8 Å². The monoisotopic (exact) mass is 191 g/mol. The maximum Gasteiger partial charge on any atom is 0.0450 e. The van der Waals surface area contributed by atoms with E-state index in [1.807, 2.05) is 25.1 Å². The lowest BCUT2D eigenvalue weighted by Crippen LogP contribution is -1.73. The van der Waals surface area contributed by atoms with Gasteiger partial charge in [-0.25, -0.2) is 0 Å². The van der Waals surface area contributed by atoms with Gasteiger partial charge in [0.1, 0.15) is 0 Å². The minimum absolute atomic E-state index is 0.725. The first-order valence-corrected chi connectivity index (χ1v) is 3.96. The van der Waals surface area contributed by atoms with E-state index in [9.17, 15) is 0 Å². The fourth-order valence-electron chi connectivity index (χ4n) is 0.581. The number of hydrogen-bond acceptors (Lipinski definition) is 1. The van der Waals surface area contributed by atoms with Gasteiger partial charge in [0.15, 0.2) is 0 Å². The van der Waals surface area contributed by atoms with Gasteiger partial charge >= 0.3 is 0 Å². The third-order valence-electron chi connectivity index (χ3n) is 1.20. The summed E-state index contributed by atoms with van der Waals surface area (Å²) in [6, 6.07) is 5.48. The van der Waals surface area contributed by atoms with E-state index in [1.54, 1.807) is 0 Å². The van der Waals surface area contributed by atoms with Crippen molar-refractivity contribution < 1.29 is 0 Å².